The predicted octanol–water partition coefficient (Wildman–Crippen LogP) is 2.20. The van der Waals surface area contributed by atoms with Gasteiger partial charge in [0.15, 0.2) is 0 Å². The molecule has 0 bridgehead atoms. The van der Waals surface area contributed by atoms with Crippen LogP contribution in [0.25, 0.3) is 0 Å². The largest absolute Gasteiger partial charge is 0.462 e. The van der Waals surface area contributed by atoms with Gasteiger partial charge in [-0.1, -0.05) is 6.92 Å². The molecule has 0 saturated heterocycles. The van der Waals surface area contributed by atoms with Crippen molar-refractivity contribution in [2.75, 3.05) is 18.5 Å². The number of hydrogen-bond donors (Lipinski definition) is 1. The highest BCUT2D eigenvalue weighted by atomic mass is 79.9. The highest BCUT2D eigenvalue weighted by molar-refractivity contribution is 9.10. The summed E-state index contributed by atoms with van der Waals surface area (Å²) >= 11 is 3.30. The summed E-state index contributed by atoms with van der Waals surface area (Å²) in [5, 5.41) is 7.52. The van der Waals surface area contributed by atoms with Crippen LogP contribution in [0.15, 0.2) is 4.60 Å². The first kappa shape index (κ1) is 11.4. The summed E-state index contributed by atoms with van der Waals surface area (Å²) in [6.45, 7) is 5.07. The summed E-state index contributed by atoms with van der Waals surface area (Å²) in [5.74, 6) is 0.428. The lowest BCUT2D eigenvalue weighted by Crippen LogP contribution is -2.09. The van der Waals surface area contributed by atoms with Crippen molar-refractivity contribution in [1.82, 2.24) is 9.78 Å². The zero-order chi connectivity index (χ0) is 11.7. The third-order valence-corrected chi connectivity index (χ3v) is 3.22. The number of carbonyl (C=O) groups is 1. The van der Waals surface area contributed by atoms with Crippen LogP contribution in [0, 0.1) is 0 Å². The van der Waals surface area contributed by atoms with E-state index in [9.17, 15) is 4.79 Å². The molecule has 5 nitrogen and oxygen atoms in total. The molecule has 88 valence electrons. The Morgan fingerprint density at radius 3 is 3.06 bits per heavy atom. The van der Waals surface area contributed by atoms with Crippen LogP contribution in [0.4, 0.5) is 5.82 Å². The third kappa shape index (κ3) is 1.71. The van der Waals surface area contributed by atoms with Gasteiger partial charge in [0.2, 0.25) is 0 Å². The standard InChI is InChI=1S/C10H14BrN3O2/c1-3-6-5-12-9-7(10(15)16-4-2)8(11)13-14(6)9/h6,12H,3-5H2,1-2H3/t6-/m1/s1. The molecular weight excluding hydrogens is 274 g/mol. The van der Waals surface area contributed by atoms with Crippen LogP contribution in [-0.4, -0.2) is 28.9 Å². The molecule has 1 aromatic heterocycles. The lowest BCUT2D eigenvalue weighted by atomic mass is 10.2. The first-order chi connectivity index (χ1) is 7.69. The van der Waals surface area contributed by atoms with E-state index in [0.29, 0.717) is 22.8 Å². The second-order valence-electron chi connectivity index (χ2n) is 3.62. The number of nitrogens with zero attached hydrogens (tertiary/aromatic N) is 2. The van der Waals surface area contributed by atoms with E-state index in [1.165, 1.54) is 0 Å². The Balaban J connectivity index is 2.37. The lowest BCUT2D eigenvalue weighted by Gasteiger charge is -2.05. The number of anilines is 1. The number of ether oxygens (including phenoxy) is 1. The van der Waals surface area contributed by atoms with Crippen molar-refractivity contribution in [1.29, 1.82) is 0 Å². The van der Waals surface area contributed by atoms with Crippen molar-refractivity contribution >= 4 is 27.7 Å². The number of hydrogen-bond acceptors (Lipinski definition) is 4. The number of aromatic nitrogens is 2. The molecule has 1 aromatic rings. The van der Waals surface area contributed by atoms with E-state index < -0.39 is 0 Å². The second-order valence-corrected chi connectivity index (χ2v) is 4.37. The maximum absolute atomic E-state index is 11.7. The molecule has 0 aromatic carbocycles. The minimum atomic E-state index is -0.333. The molecule has 0 unspecified atom stereocenters. The van der Waals surface area contributed by atoms with Gasteiger partial charge < -0.3 is 10.1 Å². The van der Waals surface area contributed by atoms with Crippen LogP contribution in [0.5, 0.6) is 0 Å². The van der Waals surface area contributed by atoms with Crippen LogP contribution in [0.3, 0.4) is 0 Å². The summed E-state index contributed by atoms with van der Waals surface area (Å²) in [4.78, 5) is 11.7. The summed E-state index contributed by atoms with van der Waals surface area (Å²) in [6, 6.07) is 0.314. The first-order valence-electron chi connectivity index (χ1n) is 5.38. The van der Waals surface area contributed by atoms with Gasteiger partial charge in [-0.15, -0.1) is 0 Å². The van der Waals surface area contributed by atoms with Crippen molar-refractivity contribution in [3.63, 3.8) is 0 Å². The molecule has 0 amide bonds. The average Bonchev–Trinajstić information content (AvgIpc) is 2.75. The van der Waals surface area contributed by atoms with Crippen molar-refractivity contribution in [3.8, 4) is 0 Å². The first-order valence-corrected chi connectivity index (χ1v) is 6.17. The number of fused-ring (bicyclic) bond motifs is 1. The molecule has 1 aliphatic rings. The maximum atomic E-state index is 11.7. The quantitative estimate of drug-likeness (QED) is 0.866. The molecule has 1 N–H and O–H groups in total. The molecule has 2 heterocycles. The number of nitrogens with one attached hydrogen (secondary N) is 1. The van der Waals surface area contributed by atoms with Crippen molar-refractivity contribution in [2.24, 2.45) is 0 Å². The highest BCUT2D eigenvalue weighted by Gasteiger charge is 2.30. The summed E-state index contributed by atoms with van der Waals surface area (Å²) in [6.07, 6.45) is 0.983. The fourth-order valence-corrected chi connectivity index (χ4v) is 2.36. The fourth-order valence-electron chi connectivity index (χ4n) is 1.84. The molecule has 0 spiro atoms. The lowest BCUT2D eigenvalue weighted by molar-refractivity contribution is 0.0526. The van der Waals surface area contributed by atoms with E-state index in [1.54, 1.807) is 6.92 Å². The maximum Gasteiger partial charge on any atom is 0.344 e. The molecule has 16 heavy (non-hydrogen) atoms. The van der Waals surface area contributed by atoms with Crippen LogP contribution in [-0.2, 0) is 4.74 Å². The van der Waals surface area contributed by atoms with Crippen LogP contribution in [0.1, 0.15) is 36.7 Å². The van der Waals surface area contributed by atoms with Gasteiger partial charge in [0.05, 0.1) is 12.6 Å². The second kappa shape index (κ2) is 4.45. The van der Waals surface area contributed by atoms with E-state index in [0.717, 1.165) is 18.8 Å². The van der Waals surface area contributed by atoms with Crippen LogP contribution in [0.2, 0.25) is 0 Å². The van der Waals surface area contributed by atoms with Gasteiger partial charge in [0.25, 0.3) is 0 Å². The topological polar surface area (TPSA) is 56.1 Å². The molecule has 0 fully saturated rings. The Bertz CT molecular complexity index is 416. The van der Waals surface area contributed by atoms with Gasteiger partial charge in [-0.25, -0.2) is 9.48 Å². The smallest absolute Gasteiger partial charge is 0.344 e. The van der Waals surface area contributed by atoms with Gasteiger partial charge in [-0.3, -0.25) is 0 Å². The third-order valence-electron chi connectivity index (χ3n) is 2.67. The number of halogens is 1. The van der Waals surface area contributed by atoms with E-state index in [1.807, 2.05) is 4.68 Å². The van der Waals surface area contributed by atoms with Gasteiger partial charge in [-0.2, -0.15) is 5.10 Å². The molecule has 2 rings (SSSR count). The molecule has 1 aliphatic heterocycles. The minimum Gasteiger partial charge on any atom is -0.462 e. The fraction of sp³-hybridized carbons (Fsp3) is 0.600. The zero-order valence-corrected chi connectivity index (χ0v) is 10.9. The van der Waals surface area contributed by atoms with E-state index >= 15 is 0 Å². The van der Waals surface area contributed by atoms with E-state index in [4.69, 9.17) is 4.74 Å². The summed E-state index contributed by atoms with van der Waals surface area (Å²) in [5.41, 5.74) is 0.498. The normalized spacial score (nSPS) is 18.1. The summed E-state index contributed by atoms with van der Waals surface area (Å²) < 4.78 is 7.40. The van der Waals surface area contributed by atoms with Crippen LogP contribution >= 0.6 is 15.9 Å². The predicted molar refractivity (Wildman–Crippen MR) is 63.7 cm³/mol. The van der Waals surface area contributed by atoms with Crippen LogP contribution < -0.4 is 5.32 Å². The minimum absolute atomic E-state index is 0.314. The molecule has 6 heteroatoms. The van der Waals surface area contributed by atoms with Gasteiger partial charge in [0, 0.05) is 6.54 Å². The number of carbonyl (C=O) groups excluding carboxylic acids is 1. The van der Waals surface area contributed by atoms with Crippen molar-refractivity contribution in [2.45, 2.75) is 26.3 Å². The summed E-state index contributed by atoms with van der Waals surface area (Å²) in [7, 11) is 0. The molecule has 0 radical (unpaired) electrons. The van der Waals surface area contributed by atoms with Crippen molar-refractivity contribution in [3.05, 3.63) is 10.2 Å². The highest BCUT2D eigenvalue weighted by Crippen LogP contribution is 2.33. The monoisotopic (exact) mass is 287 g/mol. The number of rotatable bonds is 3. The molecule has 0 saturated carbocycles. The van der Waals surface area contributed by atoms with Gasteiger partial charge in [-0.05, 0) is 29.3 Å². The molecule has 1 atom stereocenters. The van der Waals surface area contributed by atoms with E-state index in [2.05, 4.69) is 33.3 Å². The zero-order valence-electron chi connectivity index (χ0n) is 9.29. The molecular formula is C10H14BrN3O2. The Kier molecular flexibility index (Phi) is 3.18. The number of esters is 1. The average molecular weight is 288 g/mol. The Hall–Kier alpha value is -1.04. The Morgan fingerprint density at radius 2 is 2.44 bits per heavy atom. The van der Waals surface area contributed by atoms with Gasteiger partial charge >= 0.3 is 5.97 Å². The Morgan fingerprint density at radius 1 is 1.69 bits per heavy atom. The molecule has 0 aliphatic carbocycles. The van der Waals surface area contributed by atoms with Gasteiger partial charge in [0.1, 0.15) is 16.0 Å². The Labute approximate surface area is 102 Å². The SMILES string of the molecule is CCOC(=O)c1c(Br)nn2c1NC[C@H]2CC. The van der Waals surface area contributed by atoms with E-state index in [-0.39, 0.29) is 5.97 Å². The van der Waals surface area contributed by atoms with Crippen molar-refractivity contribution < 1.29 is 9.53 Å².